The molecule has 0 amide bonds. The maximum Gasteiger partial charge on any atom is 0.435 e. The van der Waals surface area contributed by atoms with Crippen LogP contribution in [0.2, 0.25) is 0 Å². The predicted octanol–water partition coefficient (Wildman–Crippen LogP) is 1.24. The maximum atomic E-state index is 12.2. The summed E-state index contributed by atoms with van der Waals surface area (Å²) in [6.45, 7) is 1.53. The van der Waals surface area contributed by atoms with E-state index in [-0.39, 0.29) is 12.0 Å². The average molecular weight is 233 g/mol. The van der Waals surface area contributed by atoms with Gasteiger partial charge in [-0.2, -0.15) is 13.2 Å². The lowest BCUT2D eigenvalue weighted by atomic mass is 10.3. The first kappa shape index (κ1) is 11.1. The van der Waals surface area contributed by atoms with Crippen LogP contribution in [0.5, 0.6) is 5.88 Å². The fourth-order valence-corrected chi connectivity index (χ4v) is 1.43. The van der Waals surface area contributed by atoms with E-state index in [9.17, 15) is 13.2 Å². The van der Waals surface area contributed by atoms with Crippen LogP contribution in [-0.2, 0) is 6.18 Å². The zero-order valence-electron chi connectivity index (χ0n) is 8.29. The summed E-state index contributed by atoms with van der Waals surface area (Å²) in [4.78, 5) is 0. The van der Waals surface area contributed by atoms with Crippen molar-refractivity contribution in [2.24, 2.45) is 0 Å². The first-order valence-corrected chi connectivity index (χ1v) is 4.84. The van der Waals surface area contributed by atoms with Gasteiger partial charge in [-0.3, -0.25) is 0 Å². The molecule has 2 heterocycles. The molecule has 2 rings (SSSR count). The summed E-state index contributed by atoms with van der Waals surface area (Å²) < 4.78 is 41.9. The Balaban J connectivity index is 2.01. The molecule has 1 aliphatic heterocycles. The minimum absolute atomic E-state index is 0.0361. The third-order valence-electron chi connectivity index (χ3n) is 2.23. The van der Waals surface area contributed by atoms with Gasteiger partial charge in [-0.1, -0.05) is 0 Å². The summed E-state index contributed by atoms with van der Waals surface area (Å²) in [5.41, 5.74) is -1.01. The summed E-state index contributed by atoms with van der Waals surface area (Å²) >= 11 is 0. The van der Waals surface area contributed by atoms with Gasteiger partial charge in [-0.25, -0.2) is 0 Å². The fraction of sp³-hybridized carbons (Fsp3) is 0.556. The number of rotatable bonds is 2. The van der Waals surface area contributed by atoms with Gasteiger partial charge in [-0.15, -0.1) is 10.2 Å². The molecule has 4 nitrogen and oxygen atoms in total. The fourth-order valence-electron chi connectivity index (χ4n) is 1.43. The van der Waals surface area contributed by atoms with Gasteiger partial charge in [-0.05, 0) is 19.0 Å². The first-order valence-electron chi connectivity index (χ1n) is 4.84. The van der Waals surface area contributed by atoms with Crippen molar-refractivity contribution in [3.05, 3.63) is 17.8 Å². The first-order chi connectivity index (χ1) is 7.55. The van der Waals surface area contributed by atoms with Crippen LogP contribution in [0.1, 0.15) is 12.1 Å². The molecule has 1 fully saturated rings. The Labute approximate surface area is 89.8 Å². The molecule has 0 spiro atoms. The van der Waals surface area contributed by atoms with Crippen molar-refractivity contribution in [1.82, 2.24) is 15.5 Å². The number of aromatic nitrogens is 2. The number of halogens is 3. The number of nitrogens with zero attached hydrogens (tertiary/aromatic N) is 2. The Kier molecular flexibility index (Phi) is 2.95. The van der Waals surface area contributed by atoms with Crippen LogP contribution in [0.15, 0.2) is 12.1 Å². The molecular weight excluding hydrogens is 223 g/mol. The second-order valence-corrected chi connectivity index (χ2v) is 3.49. The average Bonchev–Trinajstić information content (AvgIpc) is 2.70. The number of alkyl halides is 3. The van der Waals surface area contributed by atoms with Gasteiger partial charge in [0, 0.05) is 12.6 Å². The highest BCUT2D eigenvalue weighted by atomic mass is 19.4. The lowest BCUT2D eigenvalue weighted by Gasteiger charge is -2.11. The Morgan fingerprint density at radius 1 is 1.31 bits per heavy atom. The van der Waals surface area contributed by atoms with Gasteiger partial charge in [0.15, 0.2) is 5.69 Å². The smallest absolute Gasteiger partial charge is 0.435 e. The molecule has 1 aromatic heterocycles. The van der Waals surface area contributed by atoms with Crippen LogP contribution < -0.4 is 10.1 Å². The van der Waals surface area contributed by atoms with E-state index in [4.69, 9.17) is 4.74 Å². The van der Waals surface area contributed by atoms with E-state index in [1.165, 1.54) is 6.07 Å². The second-order valence-electron chi connectivity index (χ2n) is 3.49. The van der Waals surface area contributed by atoms with Crippen molar-refractivity contribution in [3.8, 4) is 5.88 Å². The van der Waals surface area contributed by atoms with Crippen molar-refractivity contribution >= 4 is 0 Å². The zero-order valence-corrected chi connectivity index (χ0v) is 8.29. The predicted molar refractivity (Wildman–Crippen MR) is 48.9 cm³/mol. The van der Waals surface area contributed by atoms with E-state index >= 15 is 0 Å². The molecule has 0 bridgehead atoms. The lowest BCUT2D eigenvalue weighted by Crippen LogP contribution is -2.20. The molecule has 1 atom stereocenters. The Morgan fingerprint density at radius 3 is 2.62 bits per heavy atom. The van der Waals surface area contributed by atoms with E-state index in [0.29, 0.717) is 6.54 Å². The molecule has 1 unspecified atom stereocenters. The summed E-state index contributed by atoms with van der Waals surface area (Å²) in [5, 5.41) is 9.54. The zero-order chi connectivity index (χ0) is 11.6. The molecule has 1 aliphatic rings. The monoisotopic (exact) mass is 233 g/mol. The van der Waals surface area contributed by atoms with Crippen LogP contribution >= 0.6 is 0 Å². The molecule has 88 valence electrons. The quantitative estimate of drug-likeness (QED) is 0.834. The van der Waals surface area contributed by atoms with Gasteiger partial charge >= 0.3 is 6.18 Å². The number of nitrogens with one attached hydrogen (secondary N) is 1. The molecule has 1 N–H and O–H groups in total. The van der Waals surface area contributed by atoms with E-state index in [1.54, 1.807) is 0 Å². The Bertz CT molecular complexity index is 346. The molecule has 7 heteroatoms. The minimum Gasteiger partial charge on any atom is -0.472 e. The summed E-state index contributed by atoms with van der Waals surface area (Å²) in [6, 6.07) is 2.05. The minimum atomic E-state index is -4.46. The molecule has 1 saturated heterocycles. The van der Waals surface area contributed by atoms with E-state index in [0.717, 1.165) is 19.0 Å². The highest BCUT2D eigenvalue weighted by Crippen LogP contribution is 2.27. The molecule has 0 saturated carbocycles. The molecule has 0 aliphatic carbocycles. The molecule has 1 aromatic rings. The third-order valence-corrected chi connectivity index (χ3v) is 2.23. The van der Waals surface area contributed by atoms with Crippen molar-refractivity contribution in [1.29, 1.82) is 0 Å². The van der Waals surface area contributed by atoms with Crippen molar-refractivity contribution in [3.63, 3.8) is 0 Å². The Morgan fingerprint density at radius 2 is 2.12 bits per heavy atom. The third kappa shape index (κ3) is 2.60. The van der Waals surface area contributed by atoms with Crippen LogP contribution in [0.25, 0.3) is 0 Å². The maximum absolute atomic E-state index is 12.2. The standard InChI is InChI=1S/C9H10F3N3O/c10-9(11,12)7-1-2-8(15-14-7)16-6-3-4-13-5-6/h1-2,6,13H,3-5H2. The van der Waals surface area contributed by atoms with Crippen molar-refractivity contribution < 1.29 is 17.9 Å². The van der Waals surface area contributed by atoms with Gasteiger partial charge in [0.25, 0.3) is 0 Å². The van der Waals surface area contributed by atoms with Gasteiger partial charge < -0.3 is 10.1 Å². The summed E-state index contributed by atoms with van der Waals surface area (Å²) in [7, 11) is 0. The van der Waals surface area contributed by atoms with E-state index in [1.807, 2.05) is 0 Å². The number of ether oxygens (including phenoxy) is 1. The van der Waals surface area contributed by atoms with Crippen molar-refractivity contribution in [2.75, 3.05) is 13.1 Å². The van der Waals surface area contributed by atoms with Crippen LogP contribution in [-0.4, -0.2) is 29.4 Å². The van der Waals surface area contributed by atoms with Crippen molar-refractivity contribution in [2.45, 2.75) is 18.7 Å². The molecule has 0 aromatic carbocycles. The SMILES string of the molecule is FC(F)(F)c1ccc(OC2CCNC2)nn1. The second kappa shape index (κ2) is 4.25. The number of hydrogen-bond donors (Lipinski definition) is 1. The Hall–Kier alpha value is -1.37. The summed E-state index contributed by atoms with van der Waals surface area (Å²) in [6.07, 6.45) is -3.67. The van der Waals surface area contributed by atoms with Crippen LogP contribution in [0, 0.1) is 0 Å². The molecule has 0 radical (unpaired) electrons. The van der Waals surface area contributed by atoms with Crippen LogP contribution in [0.3, 0.4) is 0 Å². The van der Waals surface area contributed by atoms with Gasteiger partial charge in [0.1, 0.15) is 6.10 Å². The van der Waals surface area contributed by atoms with Gasteiger partial charge in [0.2, 0.25) is 5.88 Å². The molecule has 16 heavy (non-hydrogen) atoms. The highest BCUT2D eigenvalue weighted by molar-refractivity contribution is 5.13. The molecular formula is C9H10F3N3O. The summed E-state index contributed by atoms with van der Waals surface area (Å²) in [5.74, 6) is 0.127. The van der Waals surface area contributed by atoms with E-state index in [2.05, 4.69) is 15.5 Å². The normalized spacial score (nSPS) is 21.1. The van der Waals surface area contributed by atoms with E-state index < -0.39 is 11.9 Å². The lowest BCUT2D eigenvalue weighted by molar-refractivity contribution is -0.141. The van der Waals surface area contributed by atoms with Gasteiger partial charge in [0.05, 0.1) is 0 Å². The number of hydrogen-bond acceptors (Lipinski definition) is 4. The topological polar surface area (TPSA) is 47.0 Å². The largest absolute Gasteiger partial charge is 0.472 e. The highest BCUT2D eigenvalue weighted by Gasteiger charge is 2.33. The van der Waals surface area contributed by atoms with Crippen LogP contribution in [0.4, 0.5) is 13.2 Å².